The molecule has 170 valence electrons. The van der Waals surface area contributed by atoms with Crippen molar-refractivity contribution in [2.75, 3.05) is 23.3 Å². The van der Waals surface area contributed by atoms with E-state index in [1.165, 1.54) is 18.9 Å². The summed E-state index contributed by atoms with van der Waals surface area (Å²) in [6.45, 7) is 7.79. The first-order chi connectivity index (χ1) is 15.7. The van der Waals surface area contributed by atoms with Gasteiger partial charge in [0.05, 0.1) is 23.3 Å². The van der Waals surface area contributed by atoms with Crippen LogP contribution in [0, 0.1) is 12.3 Å². The quantitative estimate of drug-likeness (QED) is 0.447. The van der Waals surface area contributed by atoms with Crippen LogP contribution in [0.2, 0.25) is 0 Å². The van der Waals surface area contributed by atoms with Crippen molar-refractivity contribution in [3.05, 3.63) is 84.1 Å². The number of hydrogen-bond donors (Lipinski definition) is 2. The van der Waals surface area contributed by atoms with Gasteiger partial charge in [-0.2, -0.15) is 13.2 Å². The normalized spacial score (nSPS) is 13.8. The standard InChI is InChI=1S/C25H24F3N5/c1-16-5-6-18(19-11-21(15-30-14-19)33-9-3-4-10-33)12-22(16)24(29)17(2)32-20-7-8-31-23(13-20)25(26,27)28/h5-8,11-15,29H,2-4,9-10H2,1H3,(H,31,32). The zero-order chi connectivity index (χ0) is 23.6. The first-order valence-corrected chi connectivity index (χ1v) is 10.6. The molecule has 1 fully saturated rings. The number of anilines is 2. The van der Waals surface area contributed by atoms with Gasteiger partial charge >= 0.3 is 6.18 Å². The zero-order valence-corrected chi connectivity index (χ0v) is 18.2. The molecule has 0 spiro atoms. The first kappa shape index (κ1) is 22.5. The molecule has 0 aliphatic carbocycles. The second kappa shape index (κ2) is 9.05. The maximum Gasteiger partial charge on any atom is 0.433 e. The number of hydrogen-bond acceptors (Lipinski definition) is 5. The van der Waals surface area contributed by atoms with E-state index in [2.05, 4.69) is 32.8 Å². The average molecular weight is 451 g/mol. The van der Waals surface area contributed by atoms with Gasteiger partial charge in [-0.3, -0.25) is 15.4 Å². The minimum absolute atomic E-state index is 0.100. The molecule has 0 atom stereocenters. The molecule has 1 aliphatic rings. The highest BCUT2D eigenvalue weighted by Gasteiger charge is 2.32. The number of rotatable bonds is 6. The Morgan fingerprint density at radius 3 is 2.55 bits per heavy atom. The molecule has 33 heavy (non-hydrogen) atoms. The van der Waals surface area contributed by atoms with Crippen LogP contribution in [0.4, 0.5) is 24.5 Å². The fraction of sp³-hybridized carbons (Fsp3) is 0.240. The van der Waals surface area contributed by atoms with Crippen LogP contribution in [0.5, 0.6) is 0 Å². The van der Waals surface area contributed by atoms with Crippen LogP contribution in [0.15, 0.2) is 67.3 Å². The molecule has 0 bridgehead atoms. The van der Waals surface area contributed by atoms with Gasteiger partial charge in [0, 0.05) is 42.3 Å². The van der Waals surface area contributed by atoms with E-state index in [-0.39, 0.29) is 17.1 Å². The summed E-state index contributed by atoms with van der Waals surface area (Å²) in [6, 6.07) is 10.2. The third kappa shape index (κ3) is 5.05. The molecule has 3 heterocycles. The van der Waals surface area contributed by atoms with Crippen molar-refractivity contribution in [2.45, 2.75) is 25.9 Å². The van der Waals surface area contributed by atoms with E-state index in [4.69, 9.17) is 5.41 Å². The summed E-state index contributed by atoms with van der Waals surface area (Å²) in [5.74, 6) is 0. The molecule has 0 unspecified atom stereocenters. The Kier molecular flexibility index (Phi) is 6.18. The molecule has 3 aromatic rings. The Hall–Kier alpha value is -3.68. The van der Waals surface area contributed by atoms with Crippen molar-refractivity contribution in [3.63, 3.8) is 0 Å². The van der Waals surface area contributed by atoms with Gasteiger partial charge in [-0.05, 0) is 55.2 Å². The molecule has 0 amide bonds. The molecule has 0 saturated carbocycles. The van der Waals surface area contributed by atoms with Gasteiger partial charge in [0.1, 0.15) is 5.69 Å². The van der Waals surface area contributed by atoms with Crippen LogP contribution < -0.4 is 10.2 Å². The third-order valence-electron chi connectivity index (χ3n) is 5.68. The van der Waals surface area contributed by atoms with Gasteiger partial charge in [0.15, 0.2) is 0 Å². The summed E-state index contributed by atoms with van der Waals surface area (Å²) in [4.78, 5) is 10.1. The number of aromatic nitrogens is 2. The van der Waals surface area contributed by atoms with E-state index in [0.717, 1.165) is 47.7 Å². The lowest BCUT2D eigenvalue weighted by molar-refractivity contribution is -0.141. The van der Waals surface area contributed by atoms with E-state index in [1.807, 2.05) is 31.3 Å². The smallest absolute Gasteiger partial charge is 0.370 e. The number of nitrogens with one attached hydrogen (secondary N) is 2. The Labute approximate surface area is 190 Å². The largest absolute Gasteiger partial charge is 0.433 e. The minimum Gasteiger partial charge on any atom is -0.370 e. The zero-order valence-electron chi connectivity index (χ0n) is 18.2. The van der Waals surface area contributed by atoms with Crippen LogP contribution >= 0.6 is 0 Å². The van der Waals surface area contributed by atoms with Gasteiger partial charge in [-0.15, -0.1) is 0 Å². The molecular weight excluding hydrogens is 427 g/mol. The predicted octanol–water partition coefficient (Wildman–Crippen LogP) is 6.06. The fourth-order valence-electron chi connectivity index (χ4n) is 3.87. The SMILES string of the molecule is C=C(Nc1ccnc(C(F)(F)F)c1)C(=N)c1cc(-c2cncc(N3CCCC3)c2)ccc1C. The second-order valence-electron chi connectivity index (χ2n) is 8.06. The molecule has 8 heteroatoms. The van der Waals surface area contributed by atoms with Gasteiger partial charge in [0.25, 0.3) is 0 Å². The summed E-state index contributed by atoms with van der Waals surface area (Å²) in [5, 5.41) is 11.4. The summed E-state index contributed by atoms with van der Waals surface area (Å²) >= 11 is 0. The highest BCUT2D eigenvalue weighted by Crippen LogP contribution is 2.30. The topological polar surface area (TPSA) is 64.9 Å². The molecular formula is C25H24F3N5. The van der Waals surface area contributed by atoms with Crippen molar-refractivity contribution in [2.24, 2.45) is 0 Å². The summed E-state index contributed by atoms with van der Waals surface area (Å²) in [6.07, 6.45) is 2.53. The summed E-state index contributed by atoms with van der Waals surface area (Å²) in [5.41, 5.74) is 3.89. The number of benzene rings is 1. The molecule has 2 N–H and O–H groups in total. The van der Waals surface area contributed by atoms with Crippen molar-refractivity contribution in [1.82, 2.24) is 9.97 Å². The maximum atomic E-state index is 13.0. The lowest BCUT2D eigenvalue weighted by Gasteiger charge is -2.18. The molecule has 0 radical (unpaired) electrons. The number of alkyl halides is 3. The van der Waals surface area contributed by atoms with Crippen molar-refractivity contribution >= 4 is 17.1 Å². The number of allylic oxidation sites excluding steroid dienone is 1. The number of halogens is 3. The Morgan fingerprint density at radius 1 is 1.06 bits per heavy atom. The first-order valence-electron chi connectivity index (χ1n) is 10.6. The minimum atomic E-state index is -4.55. The number of aryl methyl sites for hydroxylation is 1. The Bertz CT molecular complexity index is 1200. The van der Waals surface area contributed by atoms with Gasteiger partial charge in [0.2, 0.25) is 0 Å². The van der Waals surface area contributed by atoms with Crippen LogP contribution in [0.1, 0.15) is 29.7 Å². The van der Waals surface area contributed by atoms with Gasteiger partial charge in [-0.1, -0.05) is 18.7 Å². The lowest BCUT2D eigenvalue weighted by atomic mass is 9.96. The highest BCUT2D eigenvalue weighted by atomic mass is 19.4. The Balaban J connectivity index is 1.57. The molecule has 4 rings (SSSR count). The predicted molar refractivity (Wildman–Crippen MR) is 125 cm³/mol. The van der Waals surface area contributed by atoms with E-state index >= 15 is 0 Å². The van der Waals surface area contributed by atoms with E-state index in [1.54, 1.807) is 6.20 Å². The van der Waals surface area contributed by atoms with Crippen molar-refractivity contribution in [1.29, 1.82) is 5.41 Å². The molecule has 1 saturated heterocycles. The maximum absolute atomic E-state index is 13.0. The van der Waals surface area contributed by atoms with Crippen molar-refractivity contribution < 1.29 is 13.2 Å². The van der Waals surface area contributed by atoms with Crippen LogP contribution in [-0.4, -0.2) is 28.8 Å². The lowest BCUT2D eigenvalue weighted by Crippen LogP contribution is -2.17. The molecule has 1 aliphatic heterocycles. The molecule has 2 aromatic heterocycles. The van der Waals surface area contributed by atoms with Crippen LogP contribution in [-0.2, 0) is 6.18 Å². The Morgan fingerprint density at radius 2 is 1.82 bits per heavy atom. The molecule has 5 nitrogen and oxygen atoms in total. The van der Waals surface area contributed by atoms with E-state index in [0.29, 0.717) is 5.56 Å². The van der Waals surface area contributed by atoms with Gasteiger partial charge < -0.3 is 10.2 Å². The van der Waals surface area contributed by atoms with Crippen LogP contribution in [0.3, 0.4) is 0 Å². The monoisotopic (exact) mass is 451 g/mol. The summed E-state index contributed by atoms with van der Waals surface area (Å²) in [7, 11) is 0. The second-order valence-corrected chi connectivity index (χ2v) is 8.06. The number of nitrogens with zero attached hydrogens (tertiary/aromatic N) is 3. The number of pyridine rings is 2. The van der Waals surface area contributed by atoms with E-state index in [9.17, 15) is 13.2 Å². The highest BCUT2D eigenvalue weighted by molar-refractivity contribution is 6.13. The van der Waals surface area contributed by atoms with E-state index < -0.39 is 11.9 Å². The third-order valence-corrected chi connectivity index (χ3v) is 5.68. The van der Waals surface area contributed by atoms with Crippen molar-refractivity contribution in [3.8, 4) is 11.1 Å². The average Bonchev–Trinajstić information content (AvgIpc) is 3.34. The van der Waals surface area contributed by atoms with Crippen LogP contribution in [0.25, 0.3) is 11.1 Å². The summed E-state index contributed by atoms with van der Waals surface area (Å²) < 4.78 is 38.9. The molecule has 1 aromatic carbocycles. The van der Waals surface area contributed by atoms with Gasteiger partial charge in [-0.25, -0.2) is 0 Å². The fourth-order valence-corrected chi connectivity index (χ4v) is 3.87.